The third kappa shape index (κ3) is 4.25. The van der Waals surface area contributed by atoms with Crippen molar-refractivity contribution in [3.05, 3.63) is 83.1 Å². The highest BCUT2D eigenvalue weighted by atomic mass is 16.5. The van der Waals surface area contributed by atoms with Gasteiger partial charge < -0.3 is 23.9 Å². The summed E-state index contributed by atoms with van der Waals surface area (Å²) in [6, 6.07) is 17.1. The van der Waals surface area contributed by atoms with Gasteiger partial charge in [-0.1, -0.05) is 0 Å². The van der Waals surface area contributed by atoms with Crippen LogP contribution in [-0.2, 0) is 0 Å². The van der Waals surface area contributed by atoms with Crippen molar-refractivity contribution >= 4 is 28.3 Å². The van der Waals surface area contributed by atoms with E-state index in [1.54, 1.807) is 61.7 Å². The minimum Gasteiger partial charge on any atom is -0.497 e. The summed E-state index contributed by atoms with van der Waals surface area (Å²) in [6.45, 7) is 1.83. The summed E-state index contributed by atoms with van der Waals surface area (Å²) in [5, 5.41) is 3.64. The zero-order chi connectivity index (χ0) is 23.5. The predicted molar refractivity (Wildman–Crippen MR) is 125 cm³/mol. The number of furan rings is 1. The van der Waals surface area contributed by atoms with E-state index in [1.807, 2.05) is 13.0 Å². The van der Waals surface area contributed by atoms with Crippen molar-refractivity contribution in [2.24, 2.45) is 0 Å². The average Bonchev–Trinajstić information content (AvgIpc) is 3.18. The SMILES string of the molecule is COc1ccc(C(=O)Nc2ccc3c(C)c(C(=O)c4ccc(OC)c(OC)c4)oc3c2)cc1. The highest BCUT2D eigenvalue weighted by molar-refractivity contribution is 6.11. The first-order valence-corrected chi connectivity index (χ1v) is 10.2. The van der Waals surface area contributed by atoms with Crippen molar-refractivity contribution < 1.29 is 28.2 Å². The Bertz CT molecular complexity index is 1340. The number of fused-ring (bicyclic) bond motifs is 1. The number of rotatable bonds is 7. The van der Waals surface area contributed by atoms with Gasteiger partial charge in [0.1, 0.15) is 11.3 Å². The maximum Gasteiger partial charge on any atom is 0.255 e. The second-order valence-corrected chi connectivity index (χ2v) is 7.35. The number of benzene rings is 3. The van der Waals surface area contributed by atoms with E-state index in [0.717, 1.165) is 10.9 Å². The fraction of sp³-hybridized carbons (Fsp3) is 0.154. The molecule has 3 aromatic carbocycles. The summed E-state index contributed by atoms with van der Waals surface area (Å²) in [7, 11) is 4.62. The predicted octanol–water partition coefficient (Wildman–Crippen LogP) is 5.25. The first kappa shape index (κ1) is 22.0. The van der Waals surface area contributed by atoms with Crippen molar-refractivity contribution in [1.82, 2.24) is 0 Å². The van der Waals surface area contributed by atoms with Gasteiger partial charge in [-0.2, -0.15) is 0 Å². The normalized spacial score (nSPS) is 10.7. The van der Waals surface area contributed by atoms with E-state index in [-0.39, 0.29) is 17.5 Å². The molecule has 0 saturated heterocycles. The Morgan fingerprint density at radius 2 is 1.48 bits per heavy atom. The number of hydrogen-bond donors (Lipinski definition) is 1. The summed E-state index contributed by atoms with van der Waals surface area (Å²) in [6.07, 6.45) is 0. The van der Waals surface area contributed by atoms with Gasteiger partial charge in [-0.25, -0.2) is 0 Å². The van der Waals surface area contributed by atoms with Gasteiger partial charge in [0.2, 0.25) is 5.78 Å². The van der Waals surface area contributed by atoms with Gasteiger partial charge in [-0.05, 0) is 61.5 Å². The molecule has 0 aliphatic rings. The lowest BCUT2D eigenvalue weighted by atomic mass is 10.0. The Labute approximate surface area is 190 Å². The largest absolute Gasteiger partial charge is 0.497 e. The molecule has 4 rings (SSSR count). The summed E-state index contributed by atoms with van der Waals surface area (Å²) in [5.74, 6) is 1.37. The summed E-state index contributed by atoms with van der Waals surface area (Å²) in [4.78, 5) is 25.7. The van der Waals surface area contributed by atoms with Crippen LogP contribution < -0.4 is 19.5 Å². The lowest BCUT2D eigenvalue weighted by molar-refractivity contribution is 0.101. The molecule has 1 amide bonds. The van der Waals surface area contributed by atoms with Gasteiger partial charge in [0.25, 0.3) is 5.91 Å². The number of aryl methyl sites for hydroxylation is 1. The van der Waals surface area contributed by atoms with Crippen LogP contribution in [0.15, 0.2) is 65.1 Å². The van der Waals surface area contributed by atoms with Crippen LogP contribution >= 0.6 is 0 Å². The second kappa shape index (κ2) is 9.08. The Kier molecular flexibility index (Phi) is 6.04. The first-order valence-electron chi connectivity index (χ1n) is 10.2. The lowest BCUT2D eigenvalue weighted by Gasteiger charge is -2.08. The van der Waals surface area contributed by atoms with Crippen LogP contribution in [0.5, 0.6) is 17.2 Å². The molecule has 0 radical (unpaired) electrons. The van der Waals surface area contributed by atoms with E-state index in [2.05, 4.69) is 5.32 Å². The number of carbonyl (C=O) groups excluding carboxylic acids is 2. The zero-order valence-electron chi connectivity index (χ0n) is 18.7. The molecule has 1 heterocycles. The summed E-state index contributed by atoms with van der Waals surface area (Å²) in [5.41, 5.74) is 2.70. The standard InChI is InChI=1S/C26H23NO6/c1-15-20-11-8-18(27-26(29)16-5-9-19(30-2)10-6-16)14-22(20)33-25(15)24(28)17-7-12-21(31-3)23(13-17)32-4/h5-14H,1-4H3,(H,27,29). The molecular weight excluding hydrogens is 422 g/mol. The summed E-state index contributed by atoms with van der Waals surface area (Å²) >= 11 is 0. The number of ketones is 1. The monoisotopic (exact) mass is 445 g/mol. The van der Waals surface area contributed by atoms with Crippen LogP contribution in [0.1, 0.15) is 32.0 Å². The van der Waals surface area contributed by atoms with E-state index >= 15 is 0 Å². The number of anilines is 1. The number of ether oxygens (including phenoxy) is 3. The maximum absolute atomic E-state index is 13.1. The van der Waals surface area contributed by atoms with Crippen molar-refractivity contribution in [3.63, 3.8) is 0 Å². The third-order valence-electron chi connectivity index (χ3n) is 5.40. The van der Waals surface area contributed by atoms with Crippen LogP contribution in [0.25, 0.3) is 11.0 Å². The van der Waals surface area contributed by atoms with Crippen molar-refractivity contribution in [3.8, 4) is 17.2 Å². The van der Waals surface area contributed by atoms with Gasteiger partial charge in [-0.15, -0.1) is 0 Å². The van der Waals surface area contributed by atoms with E-state index < -0.39 is 0 Å². The van der Waals surface area contributed by atoms with E-state index in [9.17, 15) is 9.59 Å². The van der Waals surface area contributed by atoms with Crippen molar-refractivity contribution in [1.29, 1.82) is 0 Å². The number of methoxy groups -OCH3 is 3. The molecule has 1 aromatic heterocycles. The Hall–Kier alpha value is -4.26. The van der Waals surface area contributed by atoms with Crippen LogP contribution in [0.4, 0.5) is 5.69 Å². The number of carbonyl (C=O) groups is 2. The van der Waals surface area contributed by atoms with Crippen LogP contribution in [0.2, 0.25) is 0 Å². The Morgan fingerprint density at radius 1 is 0.788 bits per heavy atom. The fourth-order valence-corrected chi connectivity index (χ4v) is 3.57. The fourth-order valence-electron chi connectivity index (χ4n) is 3.57. The van der Waals surface area contributed by atoms with E-state index in [0.29, 0.717) is 39.6 Å². The molecule has 0 aliphatic carbocycles. The third-order valence-corrected chi connectivity index (χ3v) is 5.40. The molecule has 0 spiro atoms. The van der Waals surface area contributed by atoms with Gasteiger partial charge in [0, 0.05) is 33.8 Å². The quantitative estimate of drug-likeness (QED) is 0.391. The molecule has 0 bridgehead atoms. The van der Waals surface area contributed by atoms with Gasteiger partial charge >= 0.3 is 0 Å². The lowest BCUT2D eigenvalue weighted by Crippen LogP contribution is -2.11. The topological polar surface area (TPSA) is 87.0 Å². The molecule has 0 saturated carbocycles. The minimum atomic E-state index is -0.270. The zero-order valence-corrected chi connectivity index (χ0v) is 18.7. The molecule has 33 heavy (non-hydrogen) atoms. The van der Waals surface area contributed by atoms with Crippen LogP contribution in [-0.4, -0.2) is 33.0 Å². The first-order chi connectivity index (χ1) is 15.9. The van der Waals surface area contributed by atoms with E-state index in [4.69, 9.17) is 18.6 Å². The maximum atomic E-state index is 13.1. The Morgan fingerprint density at radius 3 is 2.15 bits per heavy atom. The molecule has 1 N–H and O–H groups in total. The molecule has 4 aromatic rings. The molecule has 0 fully saturated rings. The average molecular weight is 445 g/mol. The minimum absolute atomic E-state index is 0.232. The van der Waals surface area contributed by atoms with Crippen LogP contribution in [0.3, 0.4) is 0 Å². The smallest absolute Gasteiger partial charge is 0.255 e. The Balaban J connectivity index is 1.61. The molecule has 168 valence electrons. The van der Waals surface area contributed by atoms with Crippen molar-refractivity contribution in [2.75, 3.05) is 26.6 Å². The molecule has 0 unspecified atom stereocenters. The number of amides is 1. The van der Waals surface area contributed by atoms with Crippen molar-refractivity contribution in [2.45, 2.75) is 6.92 Å². The van der Waals surface area contributed by atoms with Crippen LogP contribution in [0, 0.1) is 6.92 Å². The number of nitrogens with one attached hydrogen (secondary N) is 1. The van der Waals surface area contributed by atoms with Gasteiger partial charge in [-0.3, -0.25) is 9.59 Å². The molecular formula is C26H23NO6. The molecule has 7 heteroatoms. The van der Waals surface area contributed by atoms with Gasteiger partial charge in [0.15, 0.2) is 17.3 Å². The van der Waals surface area contributed by atoms with E-state index in [1.165, 1.54) is 14.2 Å². The molecule has 0 atom stereocenters. The molecule has 7 nitrogen and oxygen atoms in total. The number of hydrogen-bond acceptors (Lipinski definition) is 6. The highest BCUT2D eigenvalue weighted by Crippen LogP contribution is 2.32. The highest BCUT2D eigenvalue weighted by Gasteiger charge is 2.21. The van der Waals surface area contributed by atoms with Gasteiger partial charge in [0.05, 0.1) is 21.3 Å². The summed E-state index contributed by atoms with van der Waals surface area (Å²) < 4.78 is 21.6. The molecule has 0 aliphatic heterocycles. The second-order valence-electron chi connectivity index (χ2n) is 7.35.